The Bertz CT molecular complexity index is 210. The zero-order valence-corrected chi connectivity index (χ0v) is 6.78. The number of rotatable bonds is 3. The second kappa shape index (κ2) is 3.53. The van der Waals surface area contributed by atoms with Gasteiger partial charge in [0.05, 0.1) is 5.92 Å². The van der Waals surface area contributed by atoms with Crippen LogP contribution in [0.4, 0.5) is 0 Å². The number of imidazole rings is 1. The molecule has 0 atom stereocenters. The van der Waals surface area contributed by atoms with Gasteiger partial charge in [0.15, 0.2) is 0 Å². The molecule has 1 aromatic rings. The third-order valence-corrected chi connectivity index (χ3v) is 1.71. The van der Waals surface area contributed by atoms with Crippen molar-refractivity contribution < 1.29 is 0 Å². The van der Waals surface area contributed by atoms with Crippen molar-refractivity contribution in [3.63, 3.8) is 0 Å². The summed E-state index contributed by atoms with van der Waals surface area (Å²) < 4.78 is 0. The fourth-order valence-electron chi connectivity index (χ4n) is 0.621. The average Bonchev–Trinajstić information content (AvgIpc) is 2.43. The van der Waals surface area contributed by atoms with Crippen molar-refractivity contribution in [2.45, 2.75) is 5.92 Å². The summed E-state index contributed by atoms with van der Waals surface area (Å²) in [6.45, 7) is 0. The first-order chi connectivity index (χ1) is 4.88. The molecule has 0 aliphatic rings. The van der Waals surface area contributed by atoms with Crippen molar-refractivity contribution in [3.05, 3.63) is 18.2 Å². The third-order valence-electron chi connectivity index (χ3n) is 1.13. The molecule has 4 heteroatoms. The molecule has 0 radical (unpaired) electrons. The largest absolute Gasteiger partial charge is 0.348 e. The average molecular weight is 170 g/mol. The first kappa shape index (κ1) is 7.50. The maximum atomic E-state index is 4.74. The molecule has 1 rings (SSSR count). The molecule has 1 aromatic heterocycles. The smallest absolute Gasteiger partial charge is 0.118 e. The molecule has 1 heterocycles. The molecule has 2 nitrogen and oxygen atoms in total. The molecule has 0 aliphatic carbocycles. The highest BCUT2D eigenvalue weighted by atomic mass is 32.1. The Morgan fingerprint density at radius 3 is 2.60 bits per heavy atom. The molecule has 10 heavy (non-hydrogen) atoms. The summed E-state index contributed by atoms with van der Waals surface area (Å²) in [4.78, 5) is 6.94. The van der Waals surface area contributed by atoms with Crippen molar-refractivity contribution in [1.29, 1.82) is 0 Å². The van der Waals surface area contributed by atoms with E-state index in [9.17, 15) is 0 Å². The summed E-state index contributed by atoms with van der Waals surface area (Å²) in [5.41, 5.74) is 0. The highest BCUT2D eigenvalue weighted by Gasteiger charge is 2.04. The molecule has 52 valence electrons. The van der Waals surface area contributed by atoms with Crippen LogP contribution in [0.2, 0.25) is 0 Å². The van der Waals surface area contributed by atoms with Crippen LogP contribution in [0.25, 0.3) is 0 Å². The third kappa shape index (κ3) is 1.46. The Morgan fingerprint density at radius 1 is 1.50 bits per heavy atom. The Kier molecular flexibility index (Phi) is 2.65. The summed E-state index contributed by atoms with van der Waals surface area (Å²) in [5, 5.41) is 3.18. The second-order valence-corrected chi connectivity index (χ2v) is 2.32. The van der Waals surface area contributed by atoms with Gasteiger partial charge in [-0.05, 0) is 10.7 Å². The Labute approximate surface area is 69.7 Å². The minimum absolute atomic E-state index is 0.000000000000000222. The minimum Gasteiger partial charge on any atom is -0.348 e. The monoisotopic (exact) mass is 170 g/mol. The Balaban J connectivity index is 2.82. The van der Waals surface area contributed by atoms with Crippen molar-refractivity contribution in [2.24, 2.45) is 0 Å². The first-order valence-electron chi connectivity index (χ1n) is 2.78. The number of aromatic nitrogens is 2. The number of hydrogen-bond acceptors (Lipinski definition) is 3. The van der Waals surface area contributed by atoms with Gasteiger partial charge in [-0.3, -0.25) is 0 Å². The fourth-order valence-corrected chi connectivity index (χ4v) is 1.14. The van der Waals surface area contributed by atoms with Gasteiger partial charge in [0.25, 0.3) is 0 Å². The van der Waals surface area contributed by atoms with E-state index in [1.54, 1.807) is 23.1 Å². The number of nitrogens with zero attached hydrogens (tertiary/aromatic N) is 1. The molecule has 1 N–H and O–H groups in total. The van der Waals surface area contributed by atoms with Crippen LogP contribution in [0.15, 0.2) is 12.4 Å². The van der Waals surface area contributed by atoms with E-state index in [2.05, 4.69) is 9.97 Å². The van der Waals surface area contributed by atoms with E-state index in [4.69, 9.17) is 24.4 Å². The standard InChI is InChI=1S/C6H6N2S2/c9-3-5(4-10)6-7-1-2-8-6/h1-5H,(H,7,8). The minimum atomic E-state index is -0.000000000000000222. The topological polar surface area (TPSA) is 28.7 Å². The highest BCUT2D eigenvalue weighted by molar-refractivity contribution is 7.80. The Hall–Kier alpha value is -0.610. The van der Waals surface area contributed by atoms with Crippen molar-refractivity contribution in [2.75, 3.05) is 0 Å². The van der Waals surface area contributed by atoms with Crippen LogP contribution in [0.3, 0.4) is 0 Å². The molecule has 0 amide bonds. The van der Waals surface area contributed by atoms with Crippen LogP contribution in [-0.2, 0) is 0 Å². The lowest BCUT2D eigenvalue weighted by molar-refractivity contribution is 1.07. The molecular formula is C6H6N2S2. The predicted molar refractivity (Wildman–Crippen MR) is 48.6 cm³/mol. The number of hydrogen-bond donors (Lipinski definition) is 1. The van der Waals surface area contributed by atoms with E-state index in [1.165, 1.54) is 0 Å². The molecular weight excluding hydrogens is 164 g/mol. The number of H-pyrrole nitrogens is 1. The number of aromatic amines is 1. The number of nitrogens with one attached hydrogen (secondary N) is 1. The van der Waals surface area contributed by atoms with Crippen LogP contribution in [-0.4, -0.2) is 20.7 Å². The Morgan fingerprint density at radius 2 is 2.20 bits per heavy atom. The maximum Gasteiger partial charge on any atom is 0.118 e. The van der Waals surface area contributed by atoms with Crippen LogP contribution < -0.4 is 0 Å². The molecule has 0 aliphatic heterocycles. The molecule has 0 aromatic carbocycles. The molecule has 0 saturated heterocycles. The van der Waals surface area contributed by atoms with E-state index >= 15 is 0 Å². The van der Waals surface area contributed by atoms with Gasteiger partial charge in [0.2, 0.25) is 0 Å². The normalized spacial score (nSPS) is 9.70. The molecule has 0 spiro atoms. The van der Waals surface area contributed by atoms with Crippen LogP contribution >= 0.6 is 24.4 Å². The van der Waals surface area contributed by atoms with Gasteiger partial charge in [-0.15, -0.1) is 0 Å². The van der Waals surface area contributed by atoms with Gasteiger partial charge in [0, 0.05) is 12.4 Å². The highest BCUT2D eigenvalue weighted by Crippen LogP contribution is 2.04. The lowest BCUT2D eigenvalue weighted by Crippen LogP contribution is -2.00. The van der Waals surface area contributed by atoms with Gasteiger partial charge in [-0.2, -0.15) is 0 Å². The summed E-state index contributed by atoms with van der Waals surface area (Å²) >= 11 is 9.48. The zero-order chi connectivity index (χ0) is 7.40. The summed E-state index contributed by atoms with van der Waals surface area (Å²) in [6, 6.07) is 0. The van der Waals surface area contributed by atoms with E-state index in [0.29, 0.717) is 0 Å². The van der Waals surface area contributed by atoms with Crippen LogP contribution in [0.5, 0.6) is 0 Å². The molecule has 0 fully saturated rings. The second-order valence-electron chi connectivity index (χ2n) is 1.77. The SMILES string of the molecule is S=CC(C=S)c1ncc[nH]1. The van der Waals surface area contributed by atoms with Gasteiger partial charge in [-0.25, -0.2) is 4.98 Å². The van der Waals surface area contributed by atoms with Crippen LogP contribution in [0.1, 0.15) is 11.7 Å². The van der Waals surface area contributed by atoms with E-state index in [0.717, 1.165) is 5.82 Å². The van der Waals surface area contributed by atoms with Crippen molar-refractivity contribution in [3.8, 4) is 0 Å². The zero-order valence-electron chi connectivity index (χ0n) is 5.15. The lowest BCUT2D eigenvalue weighted by atomic mass is 10.2. The van der Waals surface area contributed by atoms with E-state index in [1.807, 2.05) is 0 Å². The summed E-state index contributed by atoms with van der Waals surface area (Å²) in [5.74, 6) is 0.810. The summed E-state index contributed by atoms with van der Waals surface area (Å²) in [6.07, 6.45) is 3.43. The number of thiocarbonyl (C=S) groups is 2. The van der Waals surface area contributed by atoms with E-state index in [-0.39, 0.29) is 5.92 Å². The lowest BCUT2D eigenvalue weighted by Gasteiger charge is -1.97. The molecule has 0 saturated carbocycles. The van der Waals surface area contributed by atoms with Gasteiger partial charge in [-0.1, -0.05) is 24.4 Å². The van der Waals surface area contributed by atoms with Gasteiger partial charge in [0.1, 0.15) is 5.82 Å². The van der Waals surface area contributed by atoms with Crippen LogP contribution in [0, 0.1) is 0 Å². The predicted octanol–water partition coefficient (Wildman–Crippen LogP) is 1.49. The van der Waals surface area contributed by atoms with Gasteiger partial charge >= 0.3 is 0 Å². The summed E-state index contributed by atoms with van der Waals surface area (Å²) in [7, 11) is 0. The van der Waals surface area contributed by atoms with Crippen molar-refractivity contribution in [1.82, 2.24) is 9.97 Å². The molecule has 0 unspecified atom stereocenters. The van der Waals surface area contributed by atoms with Crippen molar-refractivity contribution >= 4 is 35.2 Å². The van der Waals surface area contributed by atoms with E-state index < -0.39 is 0 Å². The quantitative estimate of drug-likeness (QED) is 0.697. The maximum absolute atomic E-state index is 4.74. The van der Waals surface area contributed by atoms with Gasteiger partial charge < -0.3 is 4.98 Å². The fraction of sp³-hybridized carbons (Fsp3) is 0.167. The first-order valence-corrected chi connectivity index (χ1v) is 3.72. The molecule has 0 bridgehead atoms.